The van der Waals surface area contributed by atoms with Crippen LogP contribution in [0.1, 0.15) is 24.5 Å². The van der Waals surface area contributed by atoms with Crippen LogP contribution in [0.4, 0.5) is 24.5 Å². The number of carbonyl (C=O) groups is 1. The summed E-state index contributed by atoms with van der Waals surface area (Å²) in [4.78, 5) is 11.9. The molecule has 0 atom stereocenters. The molecule has 6 heteroatoms. The highest BCUT2D eigenvalue weighted by molar-refractivity contribution is 5.91. The molecule has 0 heterocycles. The third-order valence-corrected chi connectivity index (χ3v) is 3.52. The van der Waals surface area contributed by atoms with E-state index in [1.807, 2.05) is 31.2 Å². The summed E-state index contributed by atoms with van der Waals surface area (Å²) in [6.45, 7) is 2.30. The Morgan fingerprint density at radius 3 is 2.38 bits per heavy atom. The van der Waals surface area contributed by atoms with Gasteiger partial charge in [-0.25, -0.2) is 0 Å². The van der Waals surface area contributed by atoms with Crippen molar-refractivity contribution in [3.63, 3.8) is 0 Å². The predicted octanol–water partition coefficient (Wildman–Crippen LogP) is 4.71. The van der Waals surface area contributed by atoms with Gasteiger partial charge in [0.05, 0.1) is 5.56 Å². The van der Waals surface area contributed by atoms with Gasteiger partial charge in [0.15, 0.2) is 0 Å². The molecular formula is C18H19F3N2O. The summed E-state index contributed by atoms with van der Waals surface area (Å²) in [7, 11) is 0. The predicted molar refractivity (Wildman–Crippen MR) is 89.0 cm³/mol. The molecule has 0 unspecified atom stereocenters. The number of nitrogens with one attached hydrogen (secondary N) is 2. The van der Waals surface area contributed by atoms with E-state index in [0.717, 1.165) is 18.6 Å². The third kappa shape index (κ3) is 5.30. The summed E-state index contributed by atoms with van der Waals surface area (Å²) in [5.41, 5.74) is 1.51. The quantitative estimate of drug-likeness (QED) is 0.802. The number of hydrogen-bond donors (Lipinski definition) is 2. The molecular weight excluding hydrogens is 317 g/mol. The van der Waals surface area contributed by atoms with Gasteiger partial charge in [-0.1, -0.05) is 25.1 Å². The first kappa shape index (κ1) is 17.8. The lowest BCUT2D eigenvalue weighted by atomic mass is 10.1. The standard InChI is InChI=1S/C18H19F3N2O/c1-2-13-6-8-15(9-7-13)23-17(24)10-11-22-16-5-3-4-14(12-16)18(19,20)21/h3-9,12,22H,2,10-11H2,1H3,(H,23,24). The SMILES string of the molecule is CCc1ccc(NC(=O)CCNc2cccc(C(F)(F)F)c2)cc1. The van der Waals surface area contributed by atoms with Crippen molar-refractivity contribution in [2.24, 2.45) is 0 Å². The minimum Gasteiger partial charge on any atom is -0.385 e. The van der Waals surface area contributed by atoms with Crippen LogP contribution in [-0.2, 0) is 17.4 Å². The highest BCUT2D eigenvalue weighted by atomic mass is 19.4. The van der Waals surface area contributed by atoms with Crippen LogP contribution in [0, 0.1) is 0 Å². The molecule has 0 aliphatic heterocycles. The Hall–Kier alpha value is -2.50. The third-order valence-electron chi connectivity index (χ3n) is 3.52. The van der Waals surface area contributed by atoms with E-state index < -0.39 is 11.7 Å². The average Bonchev–Trinajstić information content (AvgIpc) is 2.55. The first-order valence-electron chi connectivity index (χ1n) is 7.68. The summed E-state index contributed by atoms with van der Waals surface area (Å²) in [6.07, 6.45) is -3.29. The van der Waals surface area contributed by atoms with Crippen LogP contribution in [-0.4, -0.2) is 12.5 Å². The lowest BCUT2D eigenvalue weighted by Crippen LogP contribution is -2.16. The van der Waals surface area contributed by atoms with Gasteiger partial charge in [0.1, 0.15) is 0 Å². The van der Waals surface area contributed by atoms with E-state index in [2.05, 4.69) is 10.6 Å². The molecule has 0 aliphatic rings. The highest BCUT2D eigenvalue weighted by Gasteiger charge is 2.30. The van der Waals surface area contributed by atoms with Gasteiger partial charge in [-0.15, -0.1) is 0 Å². The summed E-state index contributed by atoms with van der Waals surface area (Å²) in [5.74, 6) is -0.196. The summed E-state index contributed by atoms with van der Waals surface area (Å²) >= 11 is 0. The monoisotopic (exact) mass is 336 g/mol. The van der Waals surface area contributed by atoms with Crippen LogP contribution < -0.4 is 10.6 Å². The van der Waals surface area contributed by atoms with Gasteiger partial charge in [0.2, 0.25) is 5.91 Å². The Bertz CT molecular complexity index is 681. The molecule has 24 heavy (non-hydrogen) atoms. The Balaban J connectivity index is 1.82. The number of carbonyl (C=O) groups excluding carboxylic acids is 1. The van der Waals surface area contributed by atoms with Gasteiger partial charge in [0, 0.05) is 24.3 Å². The molecule has 0 fully saturated rings. The second-order valence-corrected chi connectivity index (χ2v) is 5.35. The molecule has 3 nitrogen and oxygen atoms in total. The van der Waals surface area contributed by atoms with Crippen molar-refractivity contribution < 1.29 is 18.0 Å². The van der Waals surface area contributed by atoms with Crippen LogP contribution in [0.5, 0.6) is 0 Å². The lowest BCUT2D eigenvalue weighted by Gasteiger charge is -2.11. The van der Waals surface area contributed by atoms with Crippen molar-refractivity contribution in [2.75, 3.05) is 17.2 Å². The molecule has 2 N–H and O–H groups in total. The number of rotatable bonds is 6. The Morgan fingerprint density at radius 2 is 1.75 bits per heavy atom. The molecule has 0 bridgehead atoms. The zero-order valence-electron chi connectivity index (χ0n) is 13.3. The minimum absolute atomic E-state index is 0.159. The molecule has 128 valence electrons. The molecule has 1 amide bonds. The van der Waals surface area contributed by atoms with Crippen LogP contribution >= 0.6 is 0 Å². The Morgan fingerprint density at radius 1 is 1.04 bits per heavy atom. The van der Waals surface area contributed by atoms with Crippen molar-refractivity contribution in [1.29, 1.82) is 0 Å². The molecule has 2 rings (SSSR count). The van der Waals surface area contributed by atoms with Gasteiger partial charge in [-0.2, -0.15) is 13.2 Å². The Kier molecular flexibility index (Phi) is 5.84. The molecule has 0 saturated carbocycles. The maximum Gasteiger partial charge on any atom is 0.416 e. The molecule has 0 spiro atoms. The number of amides is 1. The number of halogens is 3. The van der Waals surface area contributed by atoms with Crippen LogP contribution in [0.25, 0.3) is 0 Å². The lowest BCUT2D eigenvalue weighted by molar-refractivity contribution is -0.137. The van der Waals surface area contributed by atoms with Gasteiger partial charge in [0.25, 0.3) is 0 Å². The maximum absolute atomic E-state index is 12.6. The Labute approximate surface area is 138 Å². The van der Waals surface area contributed by atoms with Gasteiger partial charge >= 0.3 is 6.18 Å². The second-order valence-electron chi connectivity index (χ2n) is 5.35. The summed E-state index contributed by atoms with van der Waals surface area (Å²) in [5, 5.41) is 5.59. The zero-order chi connectivity index (χ0) is 17.6. The van der Waals surface area contributed by atoms with E-state index in [1.165, 1.54) is 17.7 Å². The van der Waals surface area contributed by atoms with E-state index >= 15 is 0 Å². The average molecular weight is 336 g/mol. The number of alkyl halides is 3. The molecule has 2 aromatic rings. The molecule has 0 aromatic heterocycles. The summed E-state index contributed by atoms with van der Waals surface area (Å²) in [6, 6.07) is 12.5. The van der Waals surface area contributed by atoms with Gasteiger partial charge in [-0.3, -0.25) is 4.79 Å². The largest absolute Gasteiger partial charge is 0.416 e. The van der Waals surface area contributed by atoms with E-state index in [-0.39, 0.29) is 18.9 Å². The first-order valence-corrected chi connectivity index (χ1v) is 7.68. The molecule has 2 aromatic carbocycles. The number of aryl methyl sites for hydroxylation is 1. The van der Waals surface area contributed by atoms with Crippen LogP contribution in [0.3, 0.4) is 0 Å². The van der Waals surface area contributed by atoms with Crippen molar-refractivity contribution in [3.8, 4) is 0 Å². The van der Waals surface area contributed by atoms with Crippen molar-refractivity contribution in [3.05, 3.63) is 59.7 Å². The van der Waals surface area contributed by atoms with E-state index in [4.69, 9.17) is 0 Å². The van der Waals surface area contributed by atoms with E-state index in [1.54, 1.807) is 0 Å². The minimum atomic E-state index is -4.38. The number of hydrogen-bond acceptors (Lipinski definition) is 2. The highest BCUT2D eigenvalue weighted by Crippen LogP contribution is 2.30. The summed E-state index contributed by atoms with van der Waals surface area (Å²) < 4.78 is 37.9. The van der Waals surface area contributed by atoms with Crippen LogP contribution in [0.15, 0.2) is 48.5 Å². The molecule has 0 radical (unpaired) electrons. The zero-order valence-corrected chi connectivity index (χ0v) is 13.3. The molecule has 0 aliphatic carbocycles. The van der Waals surface area contributed by atoms with E-state index in [0.29, 0.717) is 11.4 Å². The maximum atomic E-state index is 12.6. The van der Waals surface area contributed by atoms with E-state index in [9.17, 15) is 18.0 Å². The van der Waals surface area contributed by atoms with Gasteiger partial charge in [-0.05, 0) is 42.3 Å². The van der Waals surface area contributed by atoms with Crippen molar-refractivity contribution >= 4 is 17.3 Å². The normalized spacial score (nSPS) is 11.2. The molecule has 0 saturated heterocycles. The fraction of sp³-hybridized carbons (Fsp3) is 0.278. The fourth-order valence-corrected chi connectivity index (χ4v) is 2.17. The topological polar surface area (TPSA) is 41.1 Å². The van der Waals surface area contributed by atoms with Crippen LogP contribution in [0.2, 0.25) is 0 Å². The van der Waals surface area contributed by atoms with Crippen molar-refractivity contribution in [2.45, 2.75) is 25.9 Å². The second kappa shape index (κ2) is 7.86. The van der Waals surface area contributed by atoms with Gasteiger partial charge < -0.3 is 10.6 Å². The fourth-order valence-electron chi connectivity index (χ4n) is 2.17. The number of anilines is 2. The van der Waals surface area contributed by atoms with Crippen molar-refractivity contribution in [1.82, 2.24) is 0 Å². The first-order chi connectivity index (χ1) is 11.4. The smallest absolute Gasteiger partial charge is 0.385 e. The number of benzene rings is 2.